The van der Waals surface area contributed by atoms with Gasteiger partial charge in [-0.25, -0.2) is 0 Å². The van der Waals surface area contributed by atoms with Crippen molar-refractivity contribution >= 4 is 17.7 Å². The molecule has 2 aromatic rings. The van der Waals surface area contributed by atoms with Gasteiger partial charge in [0.2, 0.25) is 0 Å². The van der Waals surface area contributed by atoms with Crippen LogP contribution in [0.15, 0.2) is 54.6 Å². The van der Waals surface area contributed by atoms with Crippen LogP contribution in [0, 0.1) is 11.3 Å². The normalized spacial score (nSPS) is 20.5. The van der Waals surface area contributed by atoms with Crippen LogP contribution < -0.4 is 10.1 Å². The fraction of sp³-hybridized carbons (Fsp3) is 0.300. The lowest BCUT2D eigenvalue weighted by atomic mass is 10.0. The predicted molar refractivity (Wildman–Crippen MR) is 100 cm³/mol. The molecule has 1 heterocycles. The lowest BCUT2D eigenvalue weighted by molar-refractivity contribution is -0.128. The molecular weight excluding hydrogens is 332 g/mol. The first-order valence-electron chi connectivity index (χ1n) is 8.25. The fourth-order valence-corrected chi connectivity index (χ4v) is 4.00. The minimum Gasteiger partial charge on any atom is -0.481 e. The van der Waals surface area contributed by atoms with E-state index in [4.69, 9.17) is 4.74 Å². The second-order valence-electron chi connectivity index (χ2n) is 6.14. The molecule has 0 saturated carbocycles. The zero-order chi connectivity index (χ0) is 17.7. The molecule has 128 valence electrons. The molecule has 1 saturated heterocycles. The molecule has 2 atom stereocenters. The lowest BCUT2D eigenvalue weighted by Crippen LogP contribution is -2.51. The highest BCUT2D eigenvalue weighted by molar-refractivity contribution is 7.99. The average Bonchev–Trinajstić information content (AvgIpc) is 3.12. The highest BCUT2D eigenvalue weighted by Gasteiger charge is 2.37. The summed E-state index contributed by atoms with van der Waals surface area (Å²) in [5, 5.41) is 12.2. The van der Waals surface area contributed by atoms with Gasteiger partial charge in [0.15, 0.2) is 6.10 Å². The molecule has 1 aliphatic heterocycles. The Balaban J connectivity index is 1.62. The van der Waals surface area contributed by atoms with Crippen LogP contribution in [-0.4, -0.2) is 29.1 Å². The molecule has 25 heavy (non-hydrogen) atoms. The molecular formula is C20H20N2O2S. The Morgan fingerprint density at radius 3 is 2.48 bits per heavy atom. The molecule has 2 aromatic carbocycles. The molecule has 5 heteroatoms. The Kier molecular flexibility index (Phi) is 5.30. The molecule has 1 amide bonds. The number of nitrogens with zero attached hydrogens (tertiary/aromatic N) is 1. The van der Waals surface area contributed by atoms with E-state index in [1.807, 2.05) is 54.6 Å². The number of hydrogen-bond acceptors (Lipinski definition) is 4. The van der Waals surface area contributed by atoms with E-state index in [0.717, 1.165) is 16.9 Å². The average molecular weight is 352 g/mol. The summed E-state index contributed by atoms with van der Waals surface area (Å²) in [7, 11) is 0. The van der Waals surface area contributed by atoms with Crippen molar-refractivity contribution in [2.24, 2.45) is 0 Å². The summed E-state index contributed by atoms with van der Waals surface area (Å²) >= 11 is 1.68. The minimum atomic E-state index is -0.753. The van der Waals surface area contributed by atoms with Crippen LogP contribution in [0.4, 0.5) is 0 Å². The lowest BCUT2D eigenvalue weighted by Gasteiger charge is -2.24. The van der Waals surface area contributed by atoms with Crippen LogP contribution in [0.5, 0.6) is 5.75 Å². The standard InChI is InChI=1S/C20H20N2O2S/c1-15(19(23)22-20(13-21)11-12-25-14-20)24-18-9-7-17(8-10-18)16-5-3-2-4-6-16/h2-10,15H,11-12,14H2,1H3,(H,22,23). The van der Waals surface area contributed by atoms with E-state index in [9.17, 15) is 10.1 Å². The van der Waals surface area contributed by atoms with Gasteiger partial charge in [0.05, 0.1) is 6.07 Å². The van der Waals surface area contributed by atoms with E-state index >= 15 is 0 Å². The third-order valence-electron chi connectivity index (χ3n) is 4.24. The second-order valence-corrected chi connectivity index (χ2v) is 7.24. The van der Waals surface area contributed by atoms with Crippen molar-refractivity contribution in [2.75, 3.05) is 11.5 Å². The van der Waals surface area contributed by atoms with E-state index in [-0.39, 0.29) is 5.91 Å². The highest BCUT2D eigenvalue weighted by atomic mass is 32.2. The molecule has 0 aliphatic carbocycles. The van der Waals surface area contributed by atoms with Crippen molar-refractivity contribution < 1.29 is 9.53 Å². The number of thioether (sulfide) groups is 1. The van der Waals surface area contributed by atoms with Crippen molar-refractivity contribution in [1.82, 2.24) is 5.32 Å². The molecule has 4 nitrogen and oxygen atoms in total. The Bertz CT molecular complexity index is 763. The fourth-order valence-electron chi connectivity index (χ4n) is 2.73. The van der Waals surface area contributed by atoms with Gasteiger partial charge in [-0.05, 0) is 42.4 Å². The van der Waals surface area contributed by atoms with Crippen molar-refractivity contribution in [3.05, 3.63) is 54.6 Å². The van der Waals surface area contributed by atoms with Gasteiger partial charge >= 0.3 is 0 Å². The van der Waals surface area contributed by atoms with E-state index in [2.05, 4.69) is 11.4 Å². The van der Waals surface area contributed by atoms with E-state index < -0.39 is 11.6 Å². The van der Waals surface area contributed by atoms with Crippen molar-refractivity contribution in [1.29, 1.82) is 5.26 Å². The van der Waals surface area contributed by atoms with Gasteiger partial charge in [0.1, 0.15) is 11.3 Å². The smallest absolute Gasteiger partial charge is 0.262 e. The third-order valence-corrected chi connectivity index (χ3v) is 5.43. The maximum Gasteiger partial charge on any atom is 0.262 e. The SMILES string of the molecule is CC(Oc1ccc(-c2ccccc2)cc1)C(=O)NC1(C#N)CCSC1. The van der Waals surface area contributed by atoms with Crippen LogP contribution in [0.1, 0.15) is 13.3 Å². The first kappa shape index (κ1) is 17.4. The molecule has 0 radical (unpaired) electrons. The summed E-state index contributed by atoms with van der Waals surface area (Å²) in [6.45, 7) is 1.70. The van der Waals surface area contributed by atoms with Gasteiger partial charge in [-0.1, -0.05) is 42.5 Å². The number of nitriles is 1. The topological polar surface area (TPSA) is 62.1 Å². The summed E-state index contributed by atoms with van der Waals surface area (Å²) in [4.78, 5) is 12.4. The summed E-state index contributed by atoms with van der Waals surface area (Å²) in [6, 6.07) is 20.0. The Morgan fingerprint density at radius 2 is 1.88 bits per heavy atom. The predicted octanol–water partition coefficient (Wildman–Crippen LogP) is 3.64. The third kappa shape index (κ3) is 4.15. The summed E-state index contributed by atoms with van der Waals surface area (Å²) in [6.07, 6.45) is 0.0247. The molecule has 3 rings (SSSR count). The Morgan fingerprint density at radius 1 is 1.20 bits per heavy atom. The molecule has 1 fully saturated rings. The highest BCUT2D eigenvalue weighted by Crippen LogP contribution is 2.27. The van der Waals surface area contributed by atoms with Crippen molar-refractivity contribution in [3.63, 3.8) is 0 Å². The number of carbonyl (C=O) groups excluding carboxylic acids is 1. The maximum atomic E-state index is 12.4. The quantitative estimate of drug-likeness (QED) is 0.892. The number of benzene rings is 2. The Labute approximate surface area is 152 Å². The Hall–Kier alpha value is -2.45. The number of carbonyl (C=O) groups is 1. The number of ether oxygens (including phenoxy) is 1. The van der Waals surface area contributed by atoms with Crippen LogP contribution in [0.2, 0.25) is 0 Å². The molecule has 2 unspecified atom stereocenters. The monoisotopic (exact) mass is 352 g/mol. The van der Waals surface area contributed by atoms with Gasteiger partial charge in [0.25, 0.3) is 5.91 Å². The molecule has 1 N–H and O–H groups in total. The van der Waals surface area contributed by atoms with Gasteiger partial charge < -0.3 is 10.1 Å². The first-order chi connectivity index (χ1) is 12.1. The van der Waals surface area contributed by atoms with E-state index in [1.54, 1.807) is 18.7 Å². The van der Waals surface area contributed by atoms with Gasteiger partial charge in [-0.3, -0.25) is 4.79 Å². The molecule has 1 aliphatic rings. The van der Waals surface area contributed by atoms with E-state index in [1.165, 1.54) is 0 Å². The van der Waals surface area contributed by atoms with Crippen LogP contribution >= 0.6 is 11.8 Å². The second kappa shape index (κ2) is 7.62. The first-order valence-corrected chi connectivity index (χ1v) is 9.40. The van der Waals surface area contributed by atoms with Gasteiger partial charge in [-0.2, -0.15) is 17.0 Å². The number of nitrogens with one attached hydrogen (secondary N) is 1. The largest absolute Gasteiger partial charge is 0.481 e. The summed E-state index contributed by atoms with van der Waals surface area (Å²) in [5.74, 6) is 1.91. The zero-order valence-electron chi connectivity index (χ0n) is 14.1. The van der Waals surface area contributed by atoms with Crippen molar-refractivity contribution in [2.45, 2.75) is 25.0 Å². The molecule has 0 aromatic heterocycles. The zero-order valence-corrected chi connectivity index (χ0v) is 14.9. The number of amides is 1. The van der Waals surface area contributed by atoms with Gasteiger partial charge in [-0.15, -0.1) is 0 Å². The van der Waals surface area contributed by atoms with Gasteiger partial charge in [0, 0.05) is 5.75 Å². The summed E-state index contributed by atoms with van der Waals surface area (Å²) in [5.41, 5.74) is 1.47. The maximum absolute atomic E-state index is 12.4. The van der Waals surface area contributed by atoms with Crippen molar-refractivity contribution in [3.8, 4) is 22.9 Å². The van der Waals surface area contributed by atoms with Crippen LogP contribution in [0.3, 0.4) is 0 Å². The number of rotatable bonds is 5. The van der Waals surface area contributed by atoms with Crippen LogP contribution in [-0.2, 0) is 4.79 Å². The van der Waals surface area contributed by atoms with Crippen LogP contribution in [0.25, 0.3) is 11.1 Å². The molecule has 0 spiro atoms. The summed E-state index contributed by atoms with van der Waals surface area (Å²) < 4.78 is 5.74. The number of hydrogen-bond donors (Lipinski definition) is 1. The van der Waals surface area contributed by atoms with E-state index in [0.29, 0.717) is 17.9 Å². The molecule has 0 bridgehead atoms. The minimum absolute atomic E-state index is 0.254.